The first-order valence-electron chi connectivity index (χ1n) is 9.35. The molecule has 152 valence electrons. The molecule has 1 aliphatic heterocycles. The number of carbonyl (C=O) groups excluding carboxylic acids is 2. The van der Waals surface area contributed by atoms with E-state index in [0.717, 1.165) is 38.3 Å². The van der Waals surface area contributed by atoms with Crippen LogP contribution in [0.1, 0.15) is 19.4 Å². The Morgan fingerprint density at radius 2 is 1.78 bits per heavy atom. The SMILES string of the molecule is CC(C)C(NC(=O)NCc1ccccc1)C(=O)NCCN1CCNCC1.Cl. The molecule has 1 saturated heterocycles. The van der Waals surface area contributed by atoms with Crippen LogP contribution in [0.15, 0.2) is 30.3 Å². The zero-order valence-corrected chi connectivity index (χ0v) is 17.0. The lowest BCUT2D eigenvalue weighted by Gasteiger charge is -2.28. The number of rotatable bonds is 8. The standard InChI is InChI=1S/C19H31N5O2.ClH/c1-15(2)17(18(25)21-10-13-24-11-8-20-9-12-24)23-19(26)22-14-16-6-4-3-5-7-16;/h3-7,15,17,20H,8-14H2,1-2H3,(H,21,25)(H2,22,23,26);1H. The number of amides is 3. The van der Waals surface area contributed by atoms with Crippen molar-refractivity contribution in [2.75, 3.05) is 39.3 Å². The number of hydrogen-bond acceptors (Lipinski definition) is 4. The second-order valence-corrected chi connectivity index (χ2v) is 6.92. The fraction of sp³-hybridized carbons (Fsp3) is 0.579. The van der Waals surface area contributed by atoms with Crippen LogP contribution in [-0.2, 0) is 11.3 Å². The van der Waals surface area contributed by atoms with Crippen molar-refractivity contribution in [3.63, 3.8) is 0 Å². The lowest BCUT2D eigenvalue weighted by Crippen LogP contribution is -2.53. The van der Waals surface area contributed by atoms with E-state index in [1.165, 1.54) is 0 Å². The molecule has 3 amide bonds. The minimum absolute atomic E-state index is 0. The van der Waals surface area contributed by atoms with Gasteiger partial charge in [-0.1, -0.05) is 44.2 Å². The van der Waals surface area contributed by atoms with E-state index in [0.29, 0.717) is 13.1 Å². The Bertz CT molecular complexity index is 564. The number of benzene rings is 1. The van der Waals surface area contributed by atoms with Crippen LogP contribution in [0.2, 0.25) is 0 Å². The Labute approximate surface area is 168 Å². The van der Waals surface area contributed by atoms with Crippen molar-refractivity contribution in [2.45, 2.75) is 26.4 Å². The van der Waals surface area contributed by atoms with Gasteiger partial charge in [0.1, 0.15) is 6.04 Å². The van der Waals surface area contributed by atoms with Gasteiger partial charge in [-0.05, 0) is 11.5 Å². The molecule has 27 heavy (non-hydrogen) atoms. The topological polar surface area (TPSA) is 85.5 Å². The van der Waals surface area contributed by atoms with Gasteiger partial charge in [0, 0.05) is 45.8 Å². The molecule has 0 spiro atoms. The van der Waals surface area contributed by atoms with Crippen molar-refractivity contribution in [1.29, 1.82) is 0 Å². The molecule has 0 saturated carbocycles. The fourth-order valence-corrected chi connectivity index (χ4v) is 2.89. The van der Waals surface area contributed by atoms with Gasteiger partial charge in [0.15, 0.2) is 0 Å². The summed E-state index contributed by atoms with van der Waals surface area (Å²) < 4.78 is 0. The number of urea groups is 1. The molecular formula is C19H32ClN5O2. The van der Waals surface area contributed by atoms with E-state index in [2.05, 4.69) is 26.2 Å². The molecule has 0 aliphatic carbocycles. The first kappa shape index (κ1) is 23.2. The Morgan fingerprint density at radius 3 is 2.41 bits per heavy atom. The van der Waals surface area contributed by atoms with Gasteiger partial charge in [-0.2, -0.15) is 0 Å². The van der Waals surface area contributed by atoms with Crippen LogP contribution >= 0.6 is 12.4 Å². The molecule has 1 aromatic carbocycles. The maximum atomic E-state index is 12.5. The average Bonchev–Trinajstić information content (AvgIpc) is 2.65. The lowest BCUT2D eigenvalue weighted by molar-refractivity contribution is -0.123. The van der Waals surface area contributed by atoms with Crippen molar-refractivity contribution >= 4 is 24.3 Å². The van der Waals surface area contributed by atoms with E-state index in [-0.39, 0.29) is 30.3 Å². The summed E-state index contributed by atoms with van der Waals surface area (Å²) in [6.45, 7) is 9.70. The molecule has 1 aromatic rings. The van der Waals surface area contributed by atoms with E-state index < -0.39 is 6.04 Å². The van der Waals surface area contributed by atoms with Gasteiger partial charge in [0.05, 0.1) is 0 Å². The Balaban J connectivity index is 0.00000364. The quantitative estimate of drug-likeness (QED) is 0.526. The molecule has 1 aliphatic rings. The molecular weight excluding hydrogens is 366 g/mol. The van der Waals surface area contributed by atoms with Crippen LogP contribution in [0.5, 0.6) is 0 Å². The van der Waals surface area contributed by atoms with Crippen LogP contribution in [-0.4, -0.2) is 62.1 Å². The van der Waals surface area contributed by atoms with Gasteiger partial charge < -0.3 is 21.3 Å². The molecule has 2 rings (SSSR count). The smallest absolute Gasteiger partial charge is 0.315 e. The number of carbonyl (C=O) groups is 2. The third kappa shape index (κ3) is 8.60. The normalized spacial score (nSPS) is 15.5. The molecule has 1 heterocycles. The monoisotopic (exact) mass is 397 g/mol. The predicted molar refractivity (Wildman–Crippen MR) is 110 cm³/mol. The minimum atomic E-state index is -0.547. The maximum absolute atomic E-state index is 12.5. The highest BCUT2D eigenvalue weighted by Gasteiger charge is 2.24. The Morgan fingerprint density at radius 1 is 1.11 bits per heavy atom. The zero-order valence-electron chi connectivity index (χ0n) is 16.2. The van der Waals surface area contributed by atoms with Gasteiger partial charge >= 0.3 is 6.03 Å². The van der Waals surface area contributed by atoms with Crippen LogP contribution < -0.4 is 21.3 Å². The number of halogens is 1. The molecule has 8 heteroatoms. The second kappa shape index (κ2) is 12.5. The van der Waals surface area contributed by atoms with Gasteiger partial charge in [0.2, 0.25) is 5.91 Å². The van der Waals surface area contributed by atoms with Gasteiger partial charge in [0.25, 0.3) is 0 Å². The van der Waals surface area contributed by atoms with E-state index in [1.54, 1.807) is 0 Å². The van der Waals surface area contributed by atoms with E-state index in [9.17, 15) is 9.59 Å². The lowest BCUT2D eigenvalue weighted by atomic mass is 10.0. The number of piperazine rings is 1. The highest BCUT2D eigenvalue weighted by Crippen LogP contribution is 2.02. The predicted octanol–water partition coefficient (Wildman–Crippen LogP) is 0.954. The summed E-state index contributed by atoms with van der Waals surface area (Å²) >= 11 is 0. The Kier molecular flexibility index (Phi) is 10.8. The van der Waals surface area contributed by atoms with Crippen molar-refractivity contribution in [1.82, 2.24) is 26.2 Å². The summed E-state index contributed by atoms with van der Waals surface area (Å²) in [5.41, 5.74) is 1.02. The molecule has 4 N–H and O–H groups in total. The van der Waals surface area contributed by atoms with Crippen molar-refractivity contribution in [2.24, 2.45) is 5.92 Å². The molecule has 7 nitrogen and oxygen atoms in total. The number of nitrogens with zero attached hydrogens (tertiary/aromatic N) is 1. The van der Waals surface area contributed by atoms with E-state index in [4.69, 9.17) is 0 Å². The minimum Gasteiger partial charge on any atom is -0.353 e. The van der Waals surface area contributed by atoms with Crippen molar-refractivity contribution in [3.8, 4) is 0 Å². The summed E-state index contributed by atoms with van der Waals surface area (Å²) in [7, 11) is 0. The van der Waals surface area contributed by atoms with Gasteiger partial charge in [-0.25, -0.2) is 4.79 Å². The number of nitrogens with one attached hydrogen (secondary N) is 4. The van der Waals surface area contributed by atoms with Crippen molar-refractivity contribution in [3.05, 3.63) is 35.9 Å². The number of hydrogen-bond donors (Lipinski definition) is 4. The van der Waals surface area contributed by atoms with Crippen LogP contribution in [0.25, 0.3) is 0 Å². The average molecular weight is 398 g/mol. The molecule has 1 unspecified atom stereocenters. The summed E-state index contributed by atoms with van der Waals surface area (Å²) in [4.78, 5) is 26.9. The second-order valence-electron chi connectivity index (χ2n) is 6.92. The summed E-state index contributed by atoms with van der Waals surface area (Å²) in [6.07, 6.45) is 0. The van der Waals surface area contributed by atoms with Crippen LogP contribution in [0, 0.1) is 5.92 Å². The van der Waals surface area contributed by atoms with Crippen LogP contribution in [0.4, 0.5) is 4.79 Å². The molecule has 1 fully saturated rings. The summed E-state index contributed by atoms with van der Waals surface area (Å²) in [5, 5.41) is 11.8. The van der Waals surface area contributed by atoms with Crippen LogP contribution in [0.3, 0.4) is 0 Å². The maximum Gasteiger partial charge on any atom is 0.315 e. The highest BCUT2D eigenvalue weighted by molar-refractivity contribution is 5.87. The van der Waals surface area contributed by atoms with Crippen molar-refractivity contribution < 1.29 is 9.59 Å². The third-order valence-electron chi connectivity index (χ3n) is 4.47. The zero-order chi connectivity index (χ0) is 18.8. The molecule has 0 radical (unpaired) electrons. The third-order valence-corrected chi connectivity index (χ3v) is 4.47. The summed E-state index contributed by atoms with van der Waals surface area (Å²) in [6, 6.07) is 8.81. The van der Waals surface area contributed by atoms with E-state index in [1.807, 2.05) is 44.2 Å². The first-order chi connectivity index (χ1) is 12.6. The molecule has 1 atom stereocenters. The van der Waals surface area contributed by atoms with Gasteiger partial charge in [-0.15, -0.1) is 12.4 Å². The van der Waals surface area contributed by atoms with E-state index >= 15 is 0 Å². The largest absolute Gasteiger partial charge is 0.353 e. The highest BCUT2D eigenvalue weighted by atomic mass is 35.5. The van der Waals surface area contributed by atoms with Gasteiger partial charge in [-0.3, -0.25) is 9.69 Å². The first-order valence-corrected chi connectivity index (χ1v) is 9.35. The molecule has 0 bridgehead atoms. The summed E-state index contributed by atoms with van der Waals surface area (Å²) in [5.74, 6) is -0.123. The Hall–Kier alpha value is -1.83. The molecule has 0 aromatic heterocycles. The fourth-order valence-electron chi connectivity index (χ4n) is 2.89.